The number of halogens is 3. The number of nitriles is 1. The average molecular weight is 270 g/mol. The van der Waals surface area contributed by atoms with Gasteiger partial charge < -0.3 is 10.1 Å². The van der Waals surface area contributed by atoms with Gasteiger partial charge in [-0.15, -0.1) is 0 Å². The summed E-state index contributed by atoms with van der Waals surface area (Å²) in [7, 11) is 1.18. The lowest BCUT2D eigenvalue weighted by Crippen LogP contribution is -2.08. The van der Waals surface area contributed by atoms with Crippen LogP contribution < -0.4 is 5.32 Å². The Kier molecular flexibility index (Phi) is 4.53. The highest BCUT2D eigenvalue weighted by Gasteiger charge is 2.33. The van der Waals surface area contributed by atoms with E-state index in [0.29, 0.717) is 0 Å². The molecule has 19 heavy (non-hydrogen) atoms. The number of benzene rings is 1. The molecule has 0 aliphatic rings. The molecule has 0 aromatic heterocycles. The van der Waals surface area contributed by atoms with Crippen molar-refractivity contribution in [1.82, 2.24) is 0 Å². The van der Waals surface area contributed by atoms with E-state index in [9.17, 15) is 18.0 Å². The highest BCUT2D eigenvalue weighted by Crippen LogP contribution is 2.33. The van der Waals surface area contributed by atoms with Gasteiger partial charge in [0, 0.05) is 18.0 Å². The van der Waals surface area contributed by atoms with Gasteiger partial charge in [-0.05, 0) is 18.2 Å². The van der Waals surface area contributed by atoms with Crippen molar-refractivity contribution in [2.45, 2.75) is 6.18 Å². The molecule has 100 valence electrons. The minimum absolute atomic E-state index is 0.103. The molecule has 0 fully saturated rings. The molecule has 0 aliphatic carbocycles. The van der Waals surface area contributed by atoms with Gasteiger partial charge in [0.25, 0.3) is 0 Å². The molecule has 0 bridgehead atoms. The number of methoxy groups -OCH3 is 1. The summed E-state index contributed by atoms with van der Waals surface area (Å²) in [6.45, 7) is 0. The number of hydrogen-bond acceptors (Lipinski definition) is 4. The van der Waals surface area contributed by atoms with Gasteiger partial charge in [0.15, 0.2) is 0 Å². The van der Waals surface area contributed by atoms with Gasteiger partial charge >= 0.3 is 12.1 Å². The van der Waals surface area contributed by atoms with E-state index in [2.05, 4.69) is 10.1 Å². The topological polar surface area (TPSA) is 62.1 Å². The first-order chi connectivity index (χ1) is 8.88. The fraction of sp³-hybridized carbons (Fsp3) is 0.167. The zero-order valence-corrected chi connectivity index (χ0v) is 9.78. The summed E-state index contributed by atoms with van der Waals surface area (Å²) in [6.07, 6.45) is -2.45. The Bertz CT molecular complexity index is 545. The Balaban J connectivity index is 2.97. The first kappa shape index (κ1) is 14.6. The highest BCUT2D eigenvalue weighted by atomic mass is 19.4. The molecule has 0 atom stereocenters. The lowest BCUT2D eigenvalue weighted by atomic mass is 10.1. The Hall–Kier alpha value is -2.49. The van der Waals surface area contributed by atoms with Gasteiger partial charge in [0.1, 0.15) is 0 Å². The molecule has 0 saturated heterocycles. The lowest BCUT2D eigenvalue weighted by Gasteiger charge is -2.10. The predicted octanol–water partition coefficient (Wildman–Crippen LogP) is 2.68. The van der Waals surface area contributed by atoms with Gasteiger partial charge in [-0.2, -0.15) is 18.4 Å². The fourth-order valence-electron chi connectivity index (χ4n) is 1.24. The zero-order chi connectivity index (χ0) is 14.5. The van der Waals surface area contributed by atoms with Crippen LogP contribution in [0.2, 0.25) is 0 Å². The average Bonchev–Trinajstić information content (AvgIpc) is 2.37. The van der Waals surface area contributed by atoms with Crippen molar-refractivity contribution < 1.29 is 22.7 Å². The fourth-order valence-corrected chi connectivity index (χ4v) is 1.24. The monoisotopic (exact) mass is 270 g/mol. The van der Waals surface area contributed by atoms with Crippen LogP contribution in [0, 0.1) is 11.3 Å². The van der Waals surface area contributed by atoms with Crippen molar-refractivity contribution in [3.05, 3.63) is 41.6 Å². The van der Waals surface area contributed by atoms with Crippen molar-refractivity contribution in [2.24, 2.45) is 0 Å². The van der Waals surface area contributed by atoms with Crippen LogP contribution in [0.5, 0.6) is 0 Å². The molecule has 0 saturated carbocycles. The molecule has 0 heterocycles. The molecule has 1 rings (SSSR count). The van der Waals surface area contributed by atoms with E-state index in [1.54, 1.807) is 0 Å². The van der Waals surface area contributed by atoms with Crippen LogP contribution in [0.1, 0.15) is 11.1 Å². The number of alkyl halides is 3. The Morgan fingerprint density at radius 3 is 2.68 bits per heavy atom. The summed E-state index contributed by atoms with van der Waals surface area (Å²) in [4.78, 5) is 10.8. The molecule has 4 nitrogen and oxygen atoms in total. The SMILES string of the molecule is COC(=O)/C=C/Nc1ccc(C#N)c(C(F)(F)F)c1. The molecular weight excluding hydrogens is 261 g/mol. The maximum atomic E-state index is 12.6. The van der Waals surface area contributed by atoms with Crippen molar-refractivity contribution in [2.75, 3.05) is 12.4 Å². The van der Waals surface area contributed by atoms with Gasteiger partial charge in [-0.1, -0.05) is 0 Å². The summed E-state index contributed by atoms with van der Waals surface area (Å²) in [5, 5.41) is 11.1. The highest BCUT2D eigenvalue weighted by molar-refractivity contribution is 5.82. The number of esters is 1. The number of carbonyl (C=O) groups excluding carboxylic acids is 1. The third kappa shape index (κ3) is 4.03. The van der Waals surface area contributed by atoms with Crippen molar-refractivity contribution in [1.29, 1.82) is 5.26 Å². The third-order valence-corrected chi connectivity index (χ3v) is 2.12. The zero-order valence-electron chi connectivity index (χ0n) is 9.78. The first-order valence-corrected chi connectivity index (χ1v) is 5.01. The largest absolute Gasteiger partial charge is 0.466 e. The van der Waals surface area contributed by atoms with Crippen molar-refractivity contribution in [3.63, 3.8) is 0 Å². The molecular formula is C12H9F3N2O2. The maximum Gasteiger partial charge on any atom is 0.417 e. The lowest BCUT2D eigenvalue weighted by molar-refractivity contribution is -0.138. The van der Waals surface area contributed by atoms with E-state index >= 15 is 0 Å². The number of nitrogens with zero attached hydrogens (tertiary/aromatic N) is 1. The molecule has 0 amide bonds. The van der Waals surface area contributed by atoms with Gasteiger partial charge in [0.2, 0.25) is 0 Å². The van der Waals surface area contributed by atoms with Crippen LogP contribution in [-0.4, -0.2) is 13.1 Å². The molecule has 0 aliphatic heterocycles. The smallest absolute Gasteiger partial charge is 0.417 e. The summed E-state index contributed by atoms with van der Waals surface area (Å²) < 4.78 is 42.3. The van der Waals surface area contributed by atoms with E-state index in [-0.39, 0.29) is 5.69 Å². The van der Waals surface area contributed by atoms with Crippen LogP contribution in [0.15, 0.2) is 30.5 Å². The number of nitrogens with one attached hydrogen (secondary N) is 1. The quantitative estimate of drug-likeness (QED) is 0.677. The second-order valence-electron chi connectivity index (χ2n) is 3.37. The minimum Gasteiger partial charge on any atom is -0.466 e. The normalized spacial score (nSPS) is 11.1. The standard InChI is InChI=1S/C12H9F3N2O2/c1-19-11(18)4-5-17-9-3-2-8(7-16)10(6-9)12(13,14)15/h2-6,17H,1H3/b5-4+. The van der Waals surface area contributed by atoms with E-state index < -0.39 is 23.3 Å². The summed E-state index contributed by atoms with van der Waals surface area (Å²) in [6, 6.07) is 4.62. The van der Waals surface area contributed by atoms with Gasteiger partial charge in [-0.3, -0.25) is 0 Å². The van der Waals surface area contributed by atoms with E-state index in [0.717, 1.165) is 24.4 Å². The third-order valence-electron chi connectivity index (χ3n) is 2.12. The molecule has 1 aromatic rings. The van der Waals surface area contributed by atoms with Crippen LogP contribution in [0.25, 0.3) is 0 Å². The van der Waals surface area contributed by atoms with E-state index in [4.69, 9.17) is 5.26 Å². The maximum absolute atomic E-state index is 12.6. The van der Waals surface area contributed by atoms with Crippen molar-refractivity contribution in [3.8, 4) is 6.07 Å². The molecule has 0 unspecified atom stereocenters. The Labute approximate surface area is 107 Å². The number of ether oxygens (including phenoxy) is 1. The second-order valence-corrected chi connectivity index (χ2v) is 3.37. The van der Waals surface area contributed by atoms with Crippen molar-refractivity contribution >= 4 is 11.7 Å². The number of rotatable bonds is 3. The molecule has 0 spiro atoms. The molecule has 7 heteroatoms. The van der Waals surface area contributed by atoms with Gasteiger partial charge in [-0.25, -0.2) is 4.79 Å². The Morgan fingerprint density at radius 2 is 2.16 bits per heavy atom. The number of anilines is 1. The second kappa shape index (κ2) is 5.91. The summed E-state index contributed by atoms with van der Waals surface area (Å²) in [5.41, 5.74) is -1.40. The number of hydrogen-bond donors (Lipinski definition) is 1. The van der Waals surface area contributed by atoms with Gasteiger partial charge in [0.05, 0.1) is 24.3 Å². The van der Waals surface area contributed by atoms with E-state index in [1.807, 2.05) is 0 Å². The Morgan fingerprint density at radius 1 is 1.47 bits per heavy atom. The number of carbonyl (C=O) groups is 1. The van der Waals surface area contributed by atoms with Crippen LogP contribution in [0.4, 0.5) is 18.9 Å². The molecule has 1 aromatic carbocycles. The first-order valence-electron chi connectivity index (χ1n) is 5.01. The minimum atomic E-state index is -4.62. The summed E-state index contributed by atoms with van der Waals surface area (Å²) in [5.74, 6) is -0.641. The van der Waals surface area contributed by atoms with Crippen LogP contribution in [0.3, 0.4) is 0 Å². The van der Waals surface area contributed by atoms with Crippen LogP contribution >= 0.6 is 0 Å². The molecule has 1 N–H and O–H groups in total. The van der Waals surface area contributed by atoms with E-state index in [1.165, 1.54) is 19.2 Å². The summed E-state index contributed by atoms with van der Waals surface area (Å²) >= 11 is 0. The predicted molar refractivity (Wildman–Crippen MR) is 60.9 cm³/mol. The molecule has 0 radical (unpaired) electrons. The van der Waals surface area contributed by atoms with Crippen LogP contribution in [-0.2, 0) is 15.7 Å².